The summed E-state index contributed by atoms with van der Waals surface area (Å²) < 4.78 is 7.11. The Morgan fingerprint density at radius 3 is 2.87 bits per heavy atom. The average molecular weight is 313 g/mol. The van der Waals surface area contributed by atoms with Crippen molar-refractivity contribution in [1.29, 1.82) is 0 Å². The Bertz CT molecular complexity index is 787. The highest BCUT2D eigenvalue weighted by atomic mass is 16.5. The first-order valence-electron chi connectivity index (χ1n) is 7.49. The van der Waals surface area contributed by atoms with Crippen molar-refractivity contribution >= 4 is 16.7 Å². The number of aliphatic hydroxyl groups is 1. The predicted molar refractivity (Wildman–Crippen MR) is 87.8 cm³/mol. The van der Waals surface area contributed by atoms with Gasteiger partial charge in [-0.05, 0) is 19.1 Å². The van der Waals surface area contributed by atoms with E-state index in [1.807, 2.05) is 42.0 Å². The SMILES string of the molecule is Cc1nccn1-c1nc(NCCOCCO)c2ccccc2n1. The third-order valence-corrected chi connectivity index (χ3v) is 3.41. The van der Waals surface area contributed by atoms with Gasteiger partial charge in [0.1, 0.15) is 11.6 Å². The van der Waals surface area contributed by atoms with Gasteiger partial charge < -0.3 is 15.2 Å². The number of para-hydroxylation sites is 1. The Morgan fingerprint density at radius 2 is 2.09 bits per heavy atom. The van der Waals surface area contributed by atoms with Gasteiger partial charge in [-0.3, -0.25) is 4.57 Å². The summed E-state index contributed by atoms with van der Waals surface area (Å²) in [5.74, 6) is 2.17. The van der Waals surface area contributed by atoms with Crippen LogP contribution in [0.3, 0.4) is 0 Å². The second-order valence-corrected chi connectivity index (χ2v) is 5.00. The van der Waals surface area contributed by atoms with Crippen molar-refractivity contribution in [2.45, 2.75) is 6.92 Å². The molecule has 0 aliphatic rings. The monoisotopic (exact) mass is 313 g/mol. The maximum absolute atomic E-state index is 8.72. The molecule has 0 fully saturated rings. The van der Waals surface area contributed by atoms with E-state index in [9.17, 15) is 0 Å². The minimum atomic E-state index is 0.0283. The molecular formula is C16H19N5O2. The van der Waals surface area contributed by atoms with E-state index in [1.54, 1.807) is 6.20 Å². The van der Waals surface area contributed by atoms with Crippen LogP contribution in [0.5, 0.6) is 0 Å². The van der Waals surface area contributed by atoms with Crippen molar-refractivity contribution in [3.05, 3.63) is 42.5 Å². The largest absolute Gasteiger partial charge is 0.394 e. The van der Waals surface area contributed by atoms with Gasteiger partial charge in [-0.1, -0.05) is 12.1 Å². The lowest BCUT2D eigenvalue weighted by molar-refractivity contribution is 0.0992. The first-order valence-corrected chi connectivity index (χ1v) is 7.49. The highest BCUT2D eigenvalue weighted by molar-refractivity contribution is 5.89. The molecule has 2 N–H and O–H groups in total. The van der Waals surface area contributed by atoms with Gasteiger partial charge in [0.05, 0.1) is 25.3 Å². The first kappa shape index (κ1) is 15.4. The molecule has 7 nitrogen and oxygen atoms in total. The number of imidazole rings is 1. The number of ether oxygens (including phenoxy) is 1. The fourth-order valence-corrected chi connectivity index (χ4v) is 2.30. The topological polar surface area (TPSA) is 85.1 Å². The Hall–Kier alpha value is -2.51. The van der Waals surface area contributed by atoms with Gasteiger partial charge in [0, 0.05) is 24.3 Å². The fraction of sp³-hybridized carbons (Fsp3) is 0.312. The van der Waals surface area contributed by atoms with E-state index in [4.69, 9.17) is 9.84 Å². The quantitative estimate of drug-likeness (QED) is 0.644. The van der Waals surface area contributed by atoms with Gasteiger partial charge in [0.25, 0.3) is 0 Å². The minimum absolute atomic E-state index is 0.0283. The third kappa shape index (κ3) is 3.46. The molecule has 120 valence electrons. The van der Waals surface area contributed by atoms with E-state index in [0.717, 1.165) is 22.5 Å². The molecule has 1 aromatic carbocycles. The summed E-state index contributed by atoms with van der Waals surface area (Å²) in [6, 6.07) is 7.85. The van der Waals surface area contributed by atoms with Crippen LogP contribution in [-0.4, -0.2) is 51.0 Å². The molecule has 0 radical (unpaired) electrons. The van der Waals surface area contributed by atoms with Gasteiger partial charge >= 0.3 is 0 Å². The molecule has 0 aliphatic carbocycles. The Kier molecular flexibility index (Phi) is 4.80. The van der Waals surface area contributed by atoms with Crippen LogP contribution >= 0.6 is 0 Å². The van der Waals surface area contributed by atoms with Crippen molar-refractivity contribution in [3.63, 3.8) is 0 Å². The van der Waals surface area contributed by atoms with Crippen molar-refractivity contribution < 1.29 is 9.84 Å². The summed E-state index contributed by atoms with van der Waals surface area (Å²) in [5.41, 5.74) is 0.865. The van der Waals surface area contributed by atoms with Crippen LogP contribution in [-0.2, 0) is 4.74 Å². The highest BCUT2D eigenvalue weighted by Crippen LogP contribution is 2.21. The molecule has 0 saturated carbocycles. The molecule has 2 aromatic heterocycles. The summed E-state index contributed by atoms with van der Waals surface area (Å²) in [4.78, 5) is 13.4. The molecule has 0 bridgehead atoms. The Morgan fingerprint density at radius 1 is 1.22 bits per heavy atom. The number of hydrogen-bond donors (Lipinski definition) is 2. The van der Waals surface area contributed by atoms with Gasteiger partial charge in [-0.2, -0.15) is 4.98 Å². The lowest BCUT2D eigenvalue weighted by Gasteiger charge is -2.11. The number of hydrogen-bond acceptors (Lipinski definition) is 6. The number of anilines is 1. The Labute approximate surface area is 134 Å². The van der Waals surface area contributed by atoms with Crippen LogP contribution < -0.4 is 5.32 Å². The van der Waals surface area contributed by atoms with Gasteiger partial charge in [0.15, 0.2) is 0 Å². The number of rotatable bonds is 7. The lowest BCUT2D eigenvalue weighted by Crippen LogP contribution is -2.14. The van der Waals surface area contributed by atoms with Crippen LogP contribution in [0.1, 0.15) is 5.82 Å². The number of benzene rings is 1. The number of aliphatic hydroxyl groups excluding tert-OH is 1. The summed E-state index contributed by atoms with van der Waals surface area (Å²) >= 11 is 0. The molecule has 0 atom stereocenters. The number of nitrogens with one attached hydrogen (secondary N) is 1. The maximum atomic E-state index is 8.72. The summed E-state index contributed by atoms with van der Waals surface area (Å²) in [5, 5.41) is 12.9. The molecule has 7 heteroatoms. The second-order valence-electron chi connectivity index (χ2n) is 5.00. The van der Waals surface area contributed by atoms with E-state index in [1.165, 1.54) is 0 Å². The summed E-state index contributed by atoms with van der Waals surface area (Å²) in [6.45, 7) is 3.38. The van der Waals surface area contributed by atoms with E-state index in [-0.39, 0.29) is 6.61 Å². The van der Waals surface area contributed by atoms with Crippen LogP contribution in [0.15, 0.2) is 36.7 Å². The Balaban J connectivity index is 1.90. The summed E-state index contributed by atoms with van der Waals surface area (Å²) in [6.07, 6.45) is 3.57. The van der Waals surface area contributed by atoms with Gasteiger partial charge in [-0.15, -0.1) is 0 Å². The van der Waals surface area contributed by atoms with Crippen LogP contribution in [0.25, 0.3) is 16.9 Å². The average Bonchev–Trinajstić information content (AvgIpc) is 3.00. The molecule has 0 amide bonds. The molecule has 0 unspecified atom stereocenters. The normalized spacial score (nSPS) is 11.0. The van der Waals surface area contributed by atoms with Crippen molar-refractivity contribution in [2.24, 2.45) is 0 Å². The lowest BCUT2D eigenvalue weighted by atomic mass is 10.2. The smallest absolute Gasteiger partial charge is 0.237 e. The first-order chi connectivity index (χ1) is 11.3. The molecule has 3 rings (SSSR count). The van der Waals surface area contributed by atoms with Crippen molar-refractivity contribution in [3.8, 4) is 5.95 Å². The molecule has 3 aromatic rings. The molecule has 23 heavy (non-hydrogen) atoms. The second kappa shape index (κ2) is 7.17. The third-order valence-electron chi connectivity index (χ3n) is 3.41. The van der Waals surface area contributed by atoms with Crippen LogP contribution in [0.4, 0.5) is 5.82 Å². The number of aryl methyl sites for hydroxylation is 1. The van der Waals surface area contributed by atoms with E-state index >= 15 is 0 Å². The molecule has 2 heterocycles. The number of aromatic nitrogens is 4. The van der Waals surface area contributed by atoms with Crippen molar-refractivity contribution in [2.75, 3.05) is 31.7 Å². The predicted octanol–water partition coefficient (Wildman–Crippen LogP) is 1.54. The highest BCUT2D eigenvalue weighted by Gasteiger charge is 2.10. The van der Waals surface area contributed by atoms with Crippen LogP contribution in [0, 0.1) is 6.92 Å². The number of nitrogens with zero attached hydrogens (tertiary/aromatic N) is 4. The standard InChI is InChI=1S/C16H19N5O2/c1-12-17-6-8-21(12)16-19-14-5-3-2-4-13(14)15(20-16)18-7-10-23-11-9-22/h2-6,8,22H,7,9-11H2,1H3,(H,18,19,20). The maximum Gasteiger partial charge on any atom is 0.237 e. The summed E-state index contributed by atoms with van der Waals surface area (Å²) in [7, 11) is 0. The molecule has 0 aliphatic heterocycles. The fourth-order valence-electron chi connectivity index (χ4n) is 2.30. The van der Waals surface area contributed by atoms with Gasteiger partial charge in [0.2, 0.25) is 5.95 Å². The zero-order valence-electron chi connectivity index (χ0n) is 12.9. The van der Waals surface area contributed by atoms with Crippen molar-refractivity contribution in [1.82, 2.24) is 19.5 Å². The zero-order chi connectivity index (χ0) is 16.1. The van der Waals surface area contributed by atoms with E-state index in [2.05, 4.69) is 20.3 Å². The molecule has 0 spiro atoms. The number of fused-ring (bicyclic) bond motifs is 1. The van der Waals surface area contributed by atoms with Gasteiger partial charge in [-0.25, -0.2) is 9.97 Å². The van der Waals surface area contributed by atoms with Crippen LogP contribution in [0.2, 0.25) is 0 Å². The molecule has 0 saturated heterocycles. The zero-order valence-corrected chi connectivity index (χ0v) is 12.9. The molecular weight excluding hydrogens is 294 g/mol. The van der Waals surface area contributed by atoms with E-state index in [0.29, 0.717) is 25.7 Å². The minimum Gasteiger partial charge on any atom is -0.394 e. The van der Waals surface area contributed by atoms with E-state index < -0.39 is 0 Å².